The van der Waals surface area contributed by atoms with Crippen LogP contribution in [0.4, 0.5) is 4.79 Å². The van der Waals surface area contributed by atoms with Gasteiger partial charge in [-0.25, -0.2) is 9.59 Å². The number of rotatable bonds is 11. The largest absolute Gasteiger partial charge is 0.507 e. The predicted octanol–water partition coefficient (Wildman–Crippen LogP) is 3.55. The number of nitrogens with one attached hydrogen (secondary N) is 2. The molecule has 0 fully saturated rings. The Balaban J connectivity index is 2.54. The van der Waals surface area contributed by atoms with Crippen molar-refractivity contribution in [2.45, 2.75) is 91.1 Å². The molecule has 3 atom stereocenters. The van der Waals surface area contributed by atoms with Gasteiger partial charge >= 0.3 is 12.1 Å². The summed E-state index contributed by atoms with van der Waals surface area (Å²) in [7, 11) is 0. The average Bonchev–Trinajstić information content (AvgIpc) is 2.88. The summed E-state index contributed by atoms with van der Waals surface area (Å²) < 4.78 is 10.9. The number of phenolic OH excluding ortho intramolecular Hbond substituents is 1. The molecule has 11 heteroatoms. The minimum Gasteiger partial charge on any atom is -0.507 e. The molecule has 3 amide bonds. The van der Waals surface area contributed by atoms with Crippen LogP contribution in [0.1, 0.15) is 71.2 Å². The number of esters is 1. The van der Waals surface area contributed by atoms with Gasteiger partial charge in [-0.2, -0.15) is 0 Å². The van der Waals surface area contributed by atoms with E-state index in [0.717, 1.165) is 10.5 Å². The van der Waals surface area contributed by atoms with Gasteiger partial charge in [-0.3, -0.25) is 9.59 Å². The van der Waals surface area contributed by atoms with E-state index in [-0.39, 0.29) is 24.3 Å². The smallest absolute Gasteiger partial charge is 0.408 e. The number of amides is 3. The first kappa shape index (κ1) is 35.1. The number of aliphatic hydroxyl groups is 1. The number of aromatic hydroxyl groups is 1. The topological polar surface area (TPSA) is 154 Å². The number of alkyl carbamates (subject to hydrolysis) is 1. The molecule has 43 heavy (non-hydrogen) atoms. The second kappa shape index (κ2) is 14.9. The molecule has 0 spiro atoms. The number of hydrogen-bond acceptors (Lipinski definition) is 8. The minimum atomic E-state index is -1.48. The second-order valence-electron chi connectivity index (χ2n) is 12.3. The Labute approximate surface area is 253 Å². The van der Waals surface area contributed by atoms with Gasteiger partial charge < -0.3 is 35.2 Å². The molecular weight excluding hydrogens is 554 g/mol. The number of benzene rings is 2. The van der Waals surface area contributed by atoms with Gasteiger partial charge in [0.05, 0.1) is 6.61 Å². The standard InChI is InChI=1S/C32H45N3O8/c1-20-13-12-16-23(26(20)37)25(35(17-18-36)28(39)21(2)33-30(41)43-32(6,7)8)27(38)34-24(29(40)42-31(3,4)5)19-22-14-10-9-11-15-22/h9-16,21,24-25,36-37H,17-19H2,1-8H3,(H,33,41)(H,34,38). The number of nitrogens with zero attached hydrogens (tertiary/aromatic N) is 1. The molecule has 0 saturated carbocycles. The van der Waals surface area contributed by atoms with Gasteiger partial charge in [0.1, 0.15) is 35.1 Å². The number of aliphatic hydroxyl groups excluding tert-OH is 1. The first-order valence-corrected chi connectivity index (χ1v) is 14.2. The lowest BCUT2D eigenvalue weighted by Crippen LogP contribution is -2.54. The fourth-order valence-corrected chi connectivity index (χ4v) is 4.29. The summed E-state index contributed by atoms with van der Waals surface area (Å²) >= 11 is 0. The van der Waals surface area contributed by atoms with E-state index in [1.807, 2.05) is 6.07 Å². The Morgan fingerprint density at radius 2 is 1.49 bits per heavy atom. The number of phenols is 1. The molecule has 0 saturated heterocycles. The van der Waals surface area contributed by atoms with E-state index in [0.29, 0.717) is 5.56 Å². The maximum Gasteiger partial charge on any atom is 0.408 e. The molecule has 2 rings (SSSR count). The number of aryl methyl sites for hydroxylation is 1. The fraction of sp³-hybridized carbons (Fsp3) is 0.500. The van der Waals surface area contributed by atoms with Crippen LogP contribution in [-0.4, -0.2) is 75.4 Å². The highest BCUT2D eigenvalue weighted by molar-refractivity contribution is 5.94. The van der Waals surface area contributed by atoms with Gasteiger partial charge in [0.25, 0.3) is 0 Å². The third-order valence-electron chi connectivity index (χ3n) is 6.14. The van der Waals surface area contributed by atoms with Crippen molar-refractivity contribution in [2.24, 2.45) is 0 Å². The predicted molar refractivity (Wildman–Crippen MR) is 161 cm³/mol. The average molecular weight is 600 g/mol. The Morgan fingerprint density at radius 1 is 0.884 bits per heavy atom. The maximum absolute atomic E-state index is 14.1. The summed E-state index contributed by atoms with van der Waals surface area (Å²) in [5, 5.41) is 26.1. The van der Waals surface area contributed by atoms with Crippen molar-refractivity contribution >= 4 is 23.9 Å². The van der Waals surface area contributed by atoms with Gasteiger partial charge in [-0.1, -0.05) is 48.5 Å². The first-order chi connectivity index (χ1) is 19.9. The highest BCUT2D eigenvalue weighted by Gasteiger charge is 2.38. The van der Waals surface area contributed by atoms with Crippen LogP contribution in [0.15, 0.2) is 48.5 Å². The SMILES string of the molecule is Cc1cccc(C(C(=O)NC(Cc2ccccc2)C(=O)OC(C)(C)C)N(CCO)C(=O)C(C)NC(=O)OC(C)(C)C)c1O. The van der Waals surface area contributed by atoms with Crippen molar-refractivity contribution in [3.05, 3.63) is 65.2 Å². The third kappa shape index (κ3) is 10.9. The van der Waals surface area contributed by atoms with Crippen LogP contribution in [0.5, 0.6) is 5.75 Å². The zero-order valence-corrected chi connectivity index (χ0v) is 26.3. The molecule has 11 nitrogen and oxygen atoms in total. The summed E-state index contributed by atoms with van der Waals surface area (Å²) in [6, 6.07) is 9.97. The normalized spacial score (nSPS) is 13.7. The molecule has 0 heterocycles. The number of hydrogen-bond donors (Lipinski definition) is 4. The zero-order valence-electron chi connectivity index (χ0n) is 26.3. The highest BCUT2D eigenvalue weighted by atomic mass is 16.6. The summed E-state index contributed by atoms with van der Waals surface area (Å²) in [4.78, 5) is 54.6. The Morgan fingerprint density at radius 3 is 2.05 bits per heavy atom. The first-order valence-electron chi connectivity index (χ1n) is 14.2. The number of ether oxygens (including phenoxy) is 2. The molecule has 0 aliphatic rings. The summed E-state index contributed by atoms with van der Waals surface area (Å²) in [6.07, 6.45) is -0.747. The van der Waals surface area contributed by atoms with Crippen LogP contribution < -0.4 is 10.6 Å². The van der Waals surface area contributed by atoms with Crippen LogP contribution in [0, 0.1) is 6.92 Å². The Bertz CT molecular complexity index is 1270. The van der Waals surface area contributed by atoms with Crippen molar-refractivity contribution < 1.29 is 38.9 Å². The quantitative estimate of drug-likeness (QED) is 0.286. The van der Waals surface area contributed by atoms with Crippen molar-refractivity contribution in [3.63, 3.8) is 0 Å². The van der Waals surface area contributed by atoms with Gasteiger partial charge in [-0.15, -0.1) is 0 Å². The Hall–Kier alpha value is -4.12. The molecule has 0 bridgehead atoms. The van der Waals surface area contributed by atoms with Gasteiger partial charge in [0.15, 0.2) is 0 Å². The fourth-order valence-electron chi connectivity index (χ4n) is 4.29. The van der Waals surface area contributed by atoms with Crippen molar-refractivity contribution in [2.75, 3.05) is 13.2 Å². The molecule has 0 aliphatic carbocycles. The van der Waals surface area contributed by atoms with E-state index < -0.39 is 59.8 Å². The van der Waals surface area contributed by atoms with E-state index in [2.05, 4.69) is 10.6 Å². The summed E-state index contributed by atoms with van der Waals surface area (Å²) in [5.74, 6) is -2.43. The molecule has 2 aromatic carbocycles. The molecule has 236 valence electrons. The molecule has 0 radical (unpaired) electrons. The lowest BCUT2D eigenvalue weighted by molar-refractivity contribution is -0.159. The molecular formula is C32H45N3O8. The van der Waals surface area contributed by atoms with Crippen LogP contribution >= 0.6 is 0 Å². The van der Waals surface area contributed by atoms with E-state index in [1.54, 1.807) is 84.9 Å². The molecule has 3 unspecified atom stereocenters. The minimum absolute atomic E-state index is 0.0754. The summed E-state index contributed by atoms with van der Waals surface area (Å²) in [6.45, 7) is 12.4. The molecule has 0 aliphatic heterocycles. The van der Waals surface area contributed by atoms with Gasteiger partial charge in [-0.05, 0) is 66.5 Å². The van der Waals surface area contributed by atoms with E-state index in [9.17, 15) is 29.4 Å². The molecule has 4 N–H and O–H groups in total. The lowest BCUT2D eigenvalue weighted by atomic mass is 9.98. The van der Waals surface area contributed by atoms with Crippen LogP contribution in [0.3, 0.4) is 0 Å². The van der Waals surface area contributed by atoms with Crippen LogP contribution in [0.25, 0.3) is 0 Å². The van der Waals surface area contributed by atoms with E-state index >= 15 is 0 Å². The van der Waals surface area contributed by atoms with Crippen molar-refractivity contribution in [1.29, 1.82) is 0 Å². The summed E-state index contributed by atoms with van der Waals surface area (Å²) in [5.41, 5.74) is -0.381. The number of carbonyl (C=O) groups is 4. The van der Waals surface area contributed by atoms with Gasteiger partial charge in [0.2, 0.25) is 11.8 Å². The zero-order chi connectivity index (χ0) is 32.5. The highest BCUT2D eigenvalue weighted by Crippen LogP contribution is 2.32. The van der Waals surface area contributed by atoms with Crippen LogP contribution in [0.2, 0.25) is 0 Å². The third-order valence-corrected chi connectivity index (χ3v) is 6.14. The molecule has 0 aromatic heterocycles. The second-order valence-corrected chi connectivity index (χ2v) is 12.3. The van der Waals surface area contributed by atoms with E-state index in [1.165, 1.54) is 13.0 Å². The van der Waals surface area contributed by atoms with Gasteiger partial charge in [0, 0.05) is 18.5 Å². The van der Waals surface area contributed by atoms with Crippen LogP contribution in [-0.2, 0) is 30.3 Å². The maximum atomic E-state index is 14.1. The number of para-hydroxylation sites is 1. The molecule has 2 aromatic rings. The van der Waals surface area contributed by atoms with Crippen molar-refractivity contribution in [1.82, 2.24) is 15.5 Å². The van der Waals surface area contributed by atoms with Crippen molar-refractivity contribution in [3.8, 4) is 5.75 Å². The monoisotopic (exact) mass is 599 g/mol. The number of carbonyl (C=O) groups excluding carboxylic acids is 4. The lowest BCUT2D eigenvalue weighted by Gasteiger charge is -2.34. The van der Waals surface area contributed by atoms with E-state index in [4.69, 9.17) is 9.47 Å². The Kier molecular flexibility index (Phi) is 12.1.